The molecule has 7 nitrogen and oxygen atoms in total. The van der Waals surface area contributed by atoms with Crippen molar-refractivity contribution in [1.29, 1.82) is 0 Å². The monoisotopic (exact) mass is 394 g/mol. The van der Waals surface area contributed by atoms with E-state index >= 15 is 0 Å². The van der Waals surface area contributed by atoms with Crippen molar-refractivity contribution in [3.63, 3.8) is 0 Å². The average Bonchev–Trinajstić information content (AvgIpc) is 3.11. The molecular weight excluding hydrogens is 368 g/mol. The summed E-state index contributed by atoms with van der Waals surface area (Å²) < 4.78 is 1.82. The number of unbranched alkanes of at least 4 members (excludes halogenated alkanes) is 1. The first-order valence-electron chi connectivity index (χ1n) is 9.82. The van der Waals surface area contributed by atoms with Crippen molar-refractivity contribution in [2.24, 2.45) is 0 Å². The first-order chi connectivity index (χ1) is 13.9. The molecule has 0 radical (unpaired) electrons. The van der Waals surface area contributed by atoms with E-state index in [0.29, 0.717) is 36.0 Å². The second-order valence-corrected chi connectivity index (χ2v) is 7.45. The standard InChI is InChI=1S/C22H26N4O3/c1-14(2)26-21-18(13-24-26)17(22(29)23-11-5-4-6-20(27)28)12-19(25-21)16-9-7-15(3)8-10-16/h7-10,12-14H,4-6,11H2,1-3H3,(H,23,29)(H,27,28). The minimum absolute atomic E-state index is 0.105. The molecule has 3 rings (SSSR count). The lowest BCUT2D eigenvalue weighted by atomic mass is 10.0. The lowest BCUT2D eigenvalue weighted by Crippen LogP contribution is -2.25. The van der Waals surface area contributed by atoms with Gasteiger partial charge in [-0.05, 0) is 39.7 Å². The van der Waals surface area contributed by atoms with Crippen molar-refractivity contribution >= 4 is 22.9 Å². The van der Waals surface area contributed by atoms with Crippen LogP contribution in [-0.4, -0.2) is 38.3 Å². The third-order valence-corrected chi connectivity index (χ3v) is 4.75. The molecule has 0 aliphatic heterocycles. The van der Waals surface area contributed by atoms with Crippen molar-refractivity contribution < 1.29 is 14.7 Å². The van der Waals surface area contributed by atoms with Gasteiger partial charge in [-0.15, -0.1) is 0 Å². The van der Waals surface area contributed by atoms with Gasteiger partial charge in [0.1, 0.15) is 0 Å². The molecule has 0 saturated carbocycles. The number of hydrogen-bond donors (Lipinski definition) is 2. The zero-order valence-electron chi connectivity index (χ0n) is 17.0. The Balaban J connectivity index is 1.93. The smallest absolute Gasteiger partial charge is 0.303 e. The Kier molecular flexibility index (Phi) is 6.26. The lowest BCUT2D eigenvalue weighted by molar-refractivity contribution is -0.137. The average molecular weight is 394 g/mol. The van der Waals surface area contributed by atoms with Gasteiger partial charge in [-0.3, -0.25) is 9.59 Å². The fourth-order valence-corrected chi connectivity index (χ4v) is 3.15. The van der Waals surface area contributed by atoms with Crippen LogP contribution < -0.4 is 5.32 Å². The summed E-state index contributed by atoms with van der Waals surface area (Å²) in [5, 5.41) is 16.7. The fraction of sp³-hybridized carbons (Fsp3) is 0.364. The number of carboxylic acids is 1. The van der Waals surface area contributed by atoms with Crippen LogP contribution >= 0.6 is 0 Å². The van der Waals surface area contributed by atoms with E-state index in [-0.39, 0.29) is 18.4 Å². The molecule has 0 bridgehead atoms. The van der Waals surface area contributed by atoms with Gasteiger partial charge in [0, 0.05) is 24.6 Å². The number of nitrogens with one attached hydrogen (secondary N) is 1. The number of nitrogens with zero attached hydrogens (tertiary/aromatic N) is 3. The van der Waals surface area contributed by atoms with Gasteiger partial charge in [-0.2, -0.15) is 5.10 Å². The summed E-state index contributed by atoms with van der Waals surface area (Å²) >= 11 is 0. The van der Waals surface area contributed by atoms with E-state index in [2.05, 4.69) is 10.4 Å². The van der Waals surface area contributed by atoms with Gasteiger partial charge in [0.05, 0.1) is 22.8 Å². The Labute approximate surface area is 169 Å². The maximum atomic E-state index is 12.9. The molecule has 1 amide bonds. The number of pyridine rings is 1. The molecule has 0 aliphatic rings. The third-order valence-electron chi connectivity index (χ3n) is 4.75. The Morgan fingerprint density at radius 2 is 1.90 bits per heavy atom. The molecule has 3 aromatic rings. The van der Waals surface area contributed by atoms with Crippen LogP contribution in [0.3, 0.4) is 0 Å². The van der Waals surface area contributed by atoms with Crippen LogP contribution in [0.1, 0.15) is 55.1 Å². The predicted octanol–water partition coefficient (Wildman–Crippen LogP) is 3.97. The van der Waals surface area contributed by atoms with Crippen molar-refractivity contribution in [2.75, 3.05) is 6.54 Å². The second kappa shape index (κ2) is 8.86. The maximum Gasteiger partial charge on any atom is 0.303 e. The zero-order chi connectivity index (χ0) is 21.0. The third kappa shape index (κ3) is 4.80. The zero-order valence-corrected chi connectivity index (χ0v) is 17.0. The first kappa shape index (κ1) is 20.5. The van der Waals surface area contributed by atoms with Gasteiger partial charge in [0.2, 0.25) is 0 Å². The van der Waals surface area contributed by atoms with Crippen molar-refractivity contribution in [2.45, 2.75) is 46.1 Å². The van der Waals surface area contributed by atoms with Gasteiger partial charge < -0.3 is 10.4 Å². The fourth-order valence-electron chi connectivity index (χ4n) is 3.15. The number of carbonyl (C=O) groups excluding carboxylic acids is 1. The van der Waals surface area contributed by atoms with Crippen LogP contribution in [0.15, 0.2) is 36.5 Å². The SMILES string of the molecule is Cc1ccc(-c2cc(C(=O)NCCCCC(=O)O)c3cnn(C(C)C)c3n2)cc1. The summed E-state index contributed by atoms with van der Waals surface area (Å²) in [6, 6.07) is 9.93. The van der Waals surface area contributed by atoms with Crippen LogP contribution in [0.4, 0.5) is 0 Å². The number of aliphatic carboxylic acids is 1. The molecule has 1 aromatic carbocycles. The molecule has 0 unspecified atom stereocenters. The van der Waals surface area contributed by atoms with E-state index < -0.39 is 5.97 Å². The molecule has 29 heavy (non-hydrogen) atoms. The topological polar surface area (TPSA) is 97.1 Å². The minimum Gasteiger partial charge on any atom is -0.481 e. The molecule has 0 fully saturated rings. The number of aryl methyl sites for hydroxylation is 1. The summed E-state index contributed by atoms with van der Waals surface area (Å²) in [6.45, 7) is 6.50. The molecule has 0 spiro atoms. The number of carboxylic acid groups (broad SMARTS) is 1. The van der Waals surface area contributed by atoms with Gasteiger partial charge in [-0.25, -0.2) is 9.67 Å². The van der Waals surface area contributed by atoms with E-state index in [0.717, 1.165) is 16.8 Å². The highest BCUT2D eigenvalue weighted by atomic mass is 16.4. The second-order valence-electron chi connectivity index (χ2n) is 7.45. The first-order valence-corrected chi connectivity index (χ1v) is 9.82. The Bertz CT molecular complexity index is 1020. The summed E-state index contributed by atoms with van der Waals surface area (Å²) in [5.41, 5.74) is 4.01. The van der Waals surface area contributed by atoms with Crippen LogP contribution in [-0.2, 0) is 4.79 Å². The van der Waals surface area contributed by atoms with Gasteiger partial charge in [0.15, 0.2) is 5.65 Å². The molecule has 2 aromatic heterocycles. The molecule has 0 saturated heterocycles. The van der Waals surface area contributed by atoms with Gasteiger partial charge in [-0.1, -0.05) is 29.8 Å². The molecule has 152 valence electrons. The summed E-state index contributed by atoms with van der Waals surface area (Å²) in [4.78, 5) is 28.3. The maximum absolute atomic E-state index is 12.9. The number of carbonyl (C=O) groups is 2. The quantitative estimate of drug-likeness (QED) is 0.564. The highest BCUT2D eigenvalue weighted by Gasteiger charge is 2.18. The Morgan fingerprint density at radius 3 is 2.55 bits per heavy atom. The van der Waals surface area contributed by atoms with E-state index in [1.54, 1.807) is 12.3 Å². The van der Waals surface area contributed by atoms with E-state index in [9.17, 15) is 9.59 Å². The van der Waals surface area contributed by atoms with E-state index in [1.165, 1.54) is 0 Å². The van der Waals surface area contributed by atoms with Gasteiger partial charge >= 0.3 is 5.97 Å². The molecular formula is C22H26N4O3. The number of fused-ring (bicyclic) bond motifs is 1. The molecule has 0 atom stereocenters. The number of benzene rings is 1. The van der Waals surface area contributed by atoms with Crippen molar-refractivity contribution in [3.05, 3.63) is 47.7 Å². The number of hydrogen-bond acceptors (Lipinski definition) is 4. The van der Waals surface area contributed by atoms with E-state index in [4.69, 9.17) is 10.1 Å². The van der Waals surface area contributed by atoms with Gasteiger partial charge in [0.25, 0.3) is 5.91 Å². The van der Waals surface area contributed by atoms with Crippen LogP contribution in [0.2, 0.25) is 0 Å². The highest BCUT2D eigenvalue weighted by Crippen LogP contribution is 2.26. The summed E-state index contributed by atoms with van der Waals surface area (Å²) in [5.74, 6) is -1.03. The Morgan fingerprint density at radius 1 is 1.17 bits per heavy atom. The highest BCUT2D eigenvalue weighted by molar-refractivity contribution is 6.06. The molecule has 0 aliphatic carbocycles. The molecule has 7 heteroatoms. The van der Waals surface area contributed by atoms with E-state index in [1.807, 2.05) is 49.7 Å². The normalized spacial score (nSPS) is 11.2. The largest absolute Gasteiger partial charge is 0.481 e. The number of rotatable bonds is 8. The lowest BCUT2D eigenvalue weighted by Gasteiger charge is -2.11. The Hall–Kier alpha value is -3.22. The van der Waals surface area contributed by atoms with Crippen LogP contribution in [0.5, 0.6) is 0 Å². The summed E-state index contributed by atoms with van der Waals surface area (Å²) in [6.07, 6.45) is 2.93. The summed E-state index contributed by atoms with van der Waals surface area (Å²) in [7, 11) is 0. The molecule has 2 heterocycles. The molecule has 2 N–H and O–H groups in total. The van der Waals surface area contributed by atoms with Crippen LogP contribution in [0.25, 0.3) is 22.3 Å². The number of aromatic nitrogens is 3. The number of amides is 1. The minimum atomic E-state index is -0.823. The van der Waals surface area contributed by atoms with Crippen LogP contribution in [0, 0.1) is 6.92 Å². The van der Waals surface area contributed by atoms with Crippen molar-refractivity contribution in [1.82, 2.24) is 20.1 Å². The predicted molar refractivity (Wildman–Crippen MR) is 112 cm³/mol. The van der Waals surface area contributed by atoms with Crippen molar-refractivity contribution in [3.8, 4) is 11.3 Å².